The molecule has 1 aliphatic rings. The SMILES string of the molecule is COc1ccc(C(=O)NCCN2CCCC[C@H]2C)c(OC(C)C)c1. The van der Waals surface area contributed by atoms with Crippen LogP contribution in [0.2, 0.25) is 0 Å². The molecule has 134 valence electrons. The van der Waals surface area contributed by atoms with Crippen LogP contribution in [-0.4, -0.2) is 49.7 Å². The van der Waals surface area contributed by atoms with Gasteiger partial charge in [-0.05, 0) is 52.3 Å². The number of methoxy groups -OCH3 is 1. The first-order valence-corrected chi connectivity index (χ1v) is 8.88. The van der Waals surface area contributed by atoms with Gasteiger partial charge in [-0.1, -0.05) is 6.42 Å². The number of nitrogens with one attached hydrogen (secondary N) is 1. The summed E-state index contributed by atoms with van der Waals surface area (Å²) in [6.07, 6.45) is 3.81. The molecule has 1 atom stereocenters. The van der Waals surface area contributed by atoms with Crippen LogP contribution in [-0.2, 0) is 0 Å². The monoisotopic (exact) mass is 334 g/mol. The molecular weight excluding hydrogens is 304 g/mol. The number of hydrogen-bond acceptors (Lipinski definition) is 4. The maximum absolute atomic E-state index is 12.5. The van der Waals surface area contributed by atoms with Crippen LogP contribution in [0.25, 0.3) is 0 Å². The average Bonchev–Trinajstić information content (AvgIpc) is 2.55. The Morgan fingerprint density at radius 1 is 1.38 bits per heavy atom. The summed E-state index contributed by atoms with van der Waals surface area (Å²) in [4.78, 5) is 15.0. The minimum absolute atomic E-state index is 0.00199. The van der Waals surface area contributed by atoms with E-state index in [9.17, 15) is 4.79 Å². The molecule has 2 rings (SSSR count). The lowest BCUT2D eigenvalue weighted by molar-refractivity contribution is 0.0932. The number of benzene rings is 1. The van der Waals surface area contributed by atoms with Crippen molar-refractivity contribution in [1.82, 2.24) is 10.2 Å². The van der Waals surface area contributed by atoms with Gasteiger partial charge in [0.25, 0.3) is 5.91 Å². The molecule has 1 aromatic carbocycles. The Kier molecular flexibility index (Phi) is 6.91. The zero-order chi connectivity index (χ0) is 17.5. The molecule has 1 fully saturated rings. The average molecular weight is 334 g/mol. The molecule has 0 aromatic heterocycles. The molecule has 1 N–H and O–H groups in total. The third-order valence-corrected chi connectivity index (χ3v) is 4.42. The summed E-state index contributed by atoms with van der Waals surface area (Å²) in [5.41, 5.74) is 0.552. The Hall–Kier alpha value is -1.75. The minimum atomic E-state index is -0.0991. The minimum Gasteiger partial charge on any atom is -0.497 e. The van der Waals surface area contributed by atoms with Crippen molar-refractivity contribution in [3.05, 3.63) is 23.8 Å². The maximum Gasteiger partial charge on any atom is 0.255 e. The van der Waals surface area contributed by atoms with Crippen LogP contribution in [0.5, 0.6) is 11.5 Å². The summed E-state index contributed by atoms with van der Waals surface area (Å²) in [5, 5.41) is 3.02. The molecule has 0 unspecified atom stereocenters. The molecule has 0 bridgehead atoms. The number of nitrogens with zero attached hydrogens (tertiary/aromatic N) is 1. The van der Waals surface area contributed by atoms with Crippen LogP contribution in [0.1, 0.15) is 50.4 Å². The van der Waals surface area contributed by atoms with Crippen LogP contribution in [0, 0.1) is 0 Å². The molecule has 0 radical (unpaired) electrons. The molecule has 0 aliphatic carbocycles. The summed E-state index contributed by atoms with van der Waals surface area (Å²) < 4.78 is 11.0. The van der Waals surface area contributed by atoms with Crippen LogP contribution < -0.4 is 14.8 Å². The van der Waals surface area contributed by atoms with Gasteiger partial charge >= 0.3 is 0 Å². The van der Waals surface area contributed by atoms with E-state index in [4.69, 9.17) is 9.47 Å². The predicted molar refractivity (Wildman–Crippen MR) is 96.0 cm³/mol. The van der Waals surface area contributed by atoms with E-state index in [1.807, 2.05) is 13.8 Å². The third kappa shape index (κ3) is 5.13. The molecule has 0 saturated carbocycles. The van der Waals surface area contributed by atoms with Gasteiger partial charge in [0.05, 0.1) is 18.8 Å². The molecule has 24 heavy (non-hydrogen) atoms. The first-order chi connectivity index (χ1) is 11.5. The molecule has 1 saturated heterocycles. The fourth-order valence-corrected chi connectivity index (χ4v) is 3.07. The summed E-state index contributed by atoms with van der Waals surface area (Å²) in [5.74, 6) is 1.15. The van der Waals surface area contributed by atoms with Gasteiger partial charge in [0.15, 0.2) is 0 Å². The van der Waals surface area contributed by atoms with Crippen LogP contribution in [0.15, 0.2) is 18.2 Å². The Labute approximate surface area is 145 Å². The zero-order valence-electron chi connectivity index (χ0n) is 15.3. The van der Waals surface area contributed by atoms with Crippen molar-refractivity contribution in [2.75, 3.05) is 26.7 Å². The number of piperidine rings is 1. The highest BCUT2D eigenvalue weighted by atomic mass is 16.5. The third-order valence-electron chi connectivity index (χ3n) is 4.42. The molecule has 0 spiro atoms. The van der Waals surface area contributed by atoms with Gasteiger partial charge in [0.1, 0.15) is 11.5 Å². The molecular formula is C19H30N2O3. The molecule has 1 aliphatic heterocycles. The van der Waals surface area contributed by atoms with E-state index in [2.05, 4.69) is 17.1 Å². The van der Waals surface area contributed by atoms with Crippen molar-refractivity contribution in [3.8, 4) is 11.5 Å². The largest absolute Gasteiger partial charge is 0.497 e. The van der Waals surface area contributed by atoms with E-state index in [0.29, 0.717) is 29.6 Å². The molecule has 1 amide bonds. The number of carbonyl (C=O) groups is 1. The van der Waals surface area contributed by atoms with Crippen molar-refractivity contribution >= 4 is 5.91 Å². The van der Waals surface area contributed by atoms with Gasteiger partial charge in [-0.3, -0.25) is 9.69 Å². The van der Waals surface area contributed by atoms with Crippen LogP contribution in [0.3, 0.4) is 0 Å². The van der Waals surface area contributed by atoms with Crippen LogP contribution in [0.4, 0.5) is 0 Å². The van der Waals surface area contributed by atoms with Gasteiger partial charge in [0, 0.05) is 25.2 Å². The first-order valence-electron chi connectivity index (χ1n) is 8.88. The highest BCUT2D eigenvalue weighted by molar-refractivity contribution is 5.97. The topological polar surface area (TPSA) is 50.8 Å². The van der Waals surface area contributed by atoms with E-state index in [1.165, 1.54) is 19.3 Å². The van der Waals surface area contributed by atoms with Gasteiger partial charge < -0.3 is 14.8 Å². The number of ether oxygens (including phenoxy) is 2. The second-order valence-corrected chi connectivity index (χ2v) is 6.67. The second kappa shape index (κ2) is 8.92. The lowest BCUT2D eigenvalue weighted by Gasteiger charge is -2.33. The maximum atomic E-state index is 12.5. The molecule has 5 nitrogen and oxygen atoms in total. The van der Waals surface area contributed by atoms with Gasteiger partial charge in [-0.25, -0.2) is 0 Å². The van der Waals surface area contributed by atoms with Gasteiger partial charge in [0.2, 0.25) is 0 Å². The summed E-state index contributed by atoms with van der Waals surface area (Å²) in [6, 6.07) is 5.92. The number of carbonyl (C=O) groups excluding carboxylic acids is 1. The summed E-state index contributed by atoms with van der Waals surface area (Å²) in [6.45, 7) is 8.82. The summed E-state index contributed by atoms with van der Waals surface area (Å²) >= 11 is 0. The predicted octanol–water partition coefficient (Wildman–Crippen LogP) is 3.09. The summed E-state index contributed by atoms with van der Waals surface area (Å²) in [7, 11) is 1.61. The van der Waals surface area contributed by atoms with E-state index in [1.54, 1.807) is 25.3 Å². The Morgan fingerprint density at radius 3 is 2.83 bits per heavy atom. The second-order valence-electron chi connectivity index (χ2n) is 6.67. The quantitative estimate of drug-likeness (QED) is 0.832. The van der Waals surface area contributed by atoms with E-state index >= 15 is 0 Å². The van der Waals surface area contributed by atoms with Crippen molar-refractivity contribution < 1.29 is 14.3 Å². The zero-order valence-corrected chi connectivity index (χ0v) is 15.3. The van der Waals surface area contributed by atoms with E-state index in [-0.39, 0.29) is 12.0 Å². The van der Waals surface area contributed by atoms with Crippen LogP contribution >= 0.6 is 0 Å². The normalized spacial score (nSPS) is 18.5. The fraction of sp³-hybridized carbons (Fsp3) is 0.632. The Morgan fingerprint density at radius 2 is 2.17 bits per heavy atom. The highest BCUT2D eigenvalue weighted by Gasteiger charge is 2.19. The van der Waals surface area contributed by atoms with Crippen molar-refractivity contribution in [1.29, 1.82) is 0 Å². The van der Waals surface area contributed by atoms with Crippen molar-refractivity contribution in [3.63, 3.8) is 0 Å². The lowest BCUT2D eigenvalue weighted by Crippen LogP contribution is -2.42. The Bertz CT molecular complexity index is 545. The smallest absolute Gasteiger partial charge is 0.255 e. The molecule has 1 heterocycles. The van der Waals surface area contributed by atoms with Gasteiger partial charge in [-0.2, -0.15) is 0 Å². The lowest BCUT2D eigenvalue weighted by atomic mass is 10.0. The highest BCUT2D eigenvalue weighted by Crippen LogP contribution is 2.26. The number of likely N-dealkylation sites (tertiary alicyclic amines) is 1. The van der Waals surface area contributed by atoms with Crippen molar-refractivity contribution in [2.24, 2.45) is 0 Å². The van der Waals surface area contributed by atoms with Gasteiger partial charge in [-0.15, -0.1) is 0 Å². The molecule has 5 heteroatoms. The van der Waals surface area contributed by atoms with E-state index in [0.717, 1.165) is 13.1 Å². The fourth-order valence-electron chi connectivity index (χ4n) is 3.07. The number of rotatable bonds is 7. The number of amides is 1. The standard InChI is InChI=1S/C19H30N2O3/c1-14(2)24-18-13-16(23-4)8-9-17(18)19(22)20-10-12-21-11-6-5-7-15(21)3/h8-9,13-15H,5-7,10-12H2,1-4H3,(H,20,22)/t15-/m1/s1. The van der Waals surface area contributed by atoms with E-state index < -0.39 is 0 Å². The first kappa shape index (κ1) is 18.6. The Balaban J connectivity index is 1.95. The number of hydrogen-bond donors (Lipinski definition) is 1. The van der Waals surface area contributed by atoms with Crippen molar-refractivity contribution in [2.45, 2.75) is 52.2 Å². The molecule has 1 aromatic rings.